The number of esters is 3. The SMILES string of the molecule is CCCCCCCCCC/C=C\CCCCCCCCCCCCCCCC(=O)OCC(COC(=O)CCCCCCCCC)OC(=O)CCCCCCCCCCCCCCCCCCCCCCCC. The Morgan fingerprint density at radius 2 is 0.458 bits per heavy atom. The number of allylic oxidation sites excluding steroid dienone is 2. The predicted octanol–water partition coefficient (Wildman–Crippen LogP) is 22.1. The zero-order valence-corrected chi connectivity index (χ0v) is 49.0. The van der Waals surface area contributed by atoms with E-state index in [2.05, 4.69) is 32.9 Å². The fourth-order valence-electron chi connectivity index (χ4n) is 10.1. The normalized spacial score (nSPS) is 12.0. The minimum atomic E-state index is -0.763. The molecule has 0 rings (SSSR count). The van der Waals surface area contributed by atoms with E-state index in [1.807, 2.05) is 0 Å². The molecule has 0 spiro atoms. The van der Waals surface area contributed by atoms with Gasteiger partial charge >= 0.3 is 17.9 Å². The summed E-state index contributed by atoms with van der Waals surface area (Å²) in [5.41, 5.74) is 0. The molecule has 0 aromatic heterocycles. The van der Waals surface area contributed by atoms with Gasteiger partial charge in [-0.15, -0.1) is 0 Å². The van der Waals surface area contributed by atoms with Crippen molar-refractivity contribution in [2.45, 2.75) is 380 Å². The lowest BCUT2D eigenvalue weighted by Gasteiger charge is -2.18. The van der Waals surface area contributed by atoms with E-state index in [-0.39, 0.29) is 31.1 Å². The van der Waals surface area contributed by atoms with Gasteiger partial charge in [-0.05, 0) is 44.9 Å². The summed E-state index contributed by atoms with van der Waals surface area (Å²) in [5, 5.41) is 0. The second kappa shape index (κ2) is 61.7. The van der Waals surface area contributed by atoms with Crippen molar-refractivity contribution in [2.24, 2.45) is 0 Å². The number of unbranched alkanes of at least 4 members (excludes halogenated alkanes) is 48. The zero-order valence-electron chi connectivity index (χ0n) is 49.0. The van der Waals surface area contributed by atoms with Crippen LogP contribution in [-0.2, 0) is 28.6 Å². The molecule has 0 aromatic carbocycles. The molecule has 0 aromatic rings. The Balaban J connectivity index is 4.05. The van der Waals surface area contributed by atoms with Crippen LogP contribution >= 0.6 is 0 Å². The third-order valence-electron chi connectivity index (χ3n) is 15.0. The van der Waals surface area contributed by atoms with Crippen LogP contribution in [0.15, 0.2) is 12.2 Å². The van der Waals surface area contributed by atoms with E-state index in [0.29, 0.717) is 19.3 Å². The van der Waals surface area contributed by atoms with Gasteiger partial charge in [0.05, 0.1) is 0 Å². The first-order valence-corrected chi connectivity index (χ1v) is 32.7. The van der Waals surface area contributed by atoms with Crippen LogP contribution < -0.4 is 0 Å². The molecule has 72 heavy (non-hydrogen) atoms. The van der Waals surface area contributed by atoms with Crippen molar-refractivity contribution in [3.63, 3.8) is 0 Å². The molecular formula is C66H126O6. The average molecular weight is 1020 g/mol. The molecule has 1 unspecified atom stereocenters. The summed E-state index contributed by atoms with van der Waals surface area (Å²) in [6.07, 6.45) is 72.6. The summed E-state index contributed by atoms with van der Waals surface area (Å²) >= 11 is 0. The van der Waals surface area contributed by atoms with E-state index >= 15 is 0 Å². The van der Waals surface area contributed by atoms with Gasteiger partial charge in [0, 0.05) is 19.3 Å². The van der Waals surface area contributed by atoms with Crippen LogP contribution in [-0.4, -0.2) is 37.2 Å². The van der Waals surface area contributed by atoms with Gasteiger partial charge in [0.2, 0.25) is 0 Å². The Kier molecular flexibility index (Phi) is 60.1. The molecule has 0 heterocycles. The van der Waals surface area contributed by atoms with Crippen LogP contribution in [0.2, 0.25) is 0 Å². The first-order valence-electron chi connectivity index (χ1n) is 32.7. The average Bonchev–Trinajstić information content (AvgIpc) is 3.38. The molecule has 1 atom stereocenters. The smallest absolute Gasteiger partial charge is 0.306 e. The Morgan fingerprint density at radius 3 is 0.694 bits per heavy atom. The highest BCUT2D eigenvalue weighted by Crippen LogP contribution is 2.18. The number of carbonyl (C=O) groups excluding carboxylic acids is 3. The van der Waals surface area contributed by atoms with E-state index in [4.69, 9.17) is 14.2 Å². The van der Waals surface area contributed by atoms with Crippen molar-refractivity contribution in [3.8, 4) is 0 Å². The molecule has 0 aliphatic heterocycles. The van der Waals surface area contributed by atoms with Gasteiger partial charge in [0.1, 0.15) is 13.2 Å². The fourth-order valence-corrected chi connectivity index (χ4v) is 10.1. The molecule has 0 bridgehead atoms. The number of hydrogen-bond donors (Lipinski definition) is 0. The Labute approximate surface area is 450 Å². The van der Waals surface area contributed by atoms with Crippen LogP contribution in [0.25, 0.3) is 0 Å². The van der Waals surface area contributed by atoms with Crippen LogP contribution in [0, 0.1) is 0 Å². The highest BCUT2D eigenvalue weighted by molar-refractivity contribution is 5.71. The maximum absolute atomic E-state index is 12.9. The number of hydrogen-bond acceptors (Lipinski definition) is 6. The molecule has 0 amide bonds. The Morgan fingerprint density at radius 1 is 0.264 bits per heavy atom. The second-order valence-corrected chi connectivity index (χ2v) is 22.4. The molecule has 6 heteroatoms. The van der Waals surface area contributed by atoms with Crippen LogP contribution in [0.5, 0.6) is 0 Å². The summed E-state index contributed by atoms with van der Waals surface area (Å²) < 4.78 is 16.9. The van der Waals surface area contributed by atoms with Gasteiger partial charge in [0.25, 0.3) is 0 Å². The summed E-state index contributed by atoms with van der Waals surface area (Å²) in [7, 11) is 0. The molecule has 426 valence electrons. The van der Waals surface area contributed by atoms with E-state index in [9.17, 15) is 14.4 Å². The molecule has 0 saturated heterocycles. The minimum absolute atomic E-state index is 0.0641. The van der Waals surface area contributed by atoms with E-state index in [1.54, 1.807) is 0 Å². The quantitative estimate of drug-likeness (QED) is 0.0261. The van der Waals surface area contributed by atoms with Crippen molar-refractivity contribution >= 4 is 17.9 Å². The van der Waals surface area contributed by atoms with E-state index < -0.39 is 6.10 Å². The topological polar surface area (TPSA) is 78.9 Å². The zero-order chi connectivity index (χ0) is 52.2. The Hall–Kier alpha value is -1.85. The van der Waals surface area contributed by atoms with Crippen molar-refractivity contribution in [1.29, 1.82) is 0 Å². The monoisotopic (exact) mass is 1010 g/mol. The summed E-state index contributed by atoms with van der Waals surface area (Å²) in [6, 6.07) is 0. The first-order chi connectivity index (χ1) is 35.5. The van der Waals surface area contributed by atoms with E-state index in [0.717, 1.165) is 57.8 Å². The largest absolute Gasteiger partial charge is 0.462 e. The van der Waals surface area contributed by atoms with Gasteiger partial charge in [-0.2, -0.15) is 0 Å². The molecule has 0 aliphatic carbocycles. The molecular weight excluding hydrogens is 889 g/mol. The lowest BCUT2D eigenvalue weighted by Crippen LogP contribution is -2.30. The molecule has 0 saturated carbocycles. The van der Waals surface area contributed by atoms with Gasteiger partial charge < -0.3 is 14.2 Å². The van der Waals surface area contributed by atoms with Gasteiger partial charge in [-0.25, -0.2) is 0 Å². The lowest BCUT2D eigenvalue weighted by molar-refractivity contribution is -0.167. The summed E-state index contributed by atoms with van der Waals surface area (Å²) in [6.45, 7) is 6.67. The highest BCUT2D eigenvalue weighted by atomic mass is 16.6. The van der Waals surface area contributed by atoms with Crippen LogP contribution in [0.3, 0.4) is 0 Å². The third-order valence-corrected chi connectivity index (χ3v) is 15.0. The van der Waals surface area contributed by atoms with E-state index in [1.165, 1.54) is 276 Å². The van der Waals surface area contributed by atoms with Crippen molar-refractivity contribution in [1.82, 2.24) is 0 Å². The van der Waals surface area contributed by atoms with Gasteiger partial charge in [-0.1, -0.05) is 322 Å². The molecule has 0 aliphatic rings. The van der Waals surface area contributed by atoms with Gasteiger partial charge in [-0.3, -0.25) is 14.4 Å². The predicted molar refractivity (Wildman–Crippen MR) is 312 cm³/mol. The lowest BCUT2D eigenvalue weighted by atomic mass is 10.0. The fraction of sp³-hybridized carbons (Fsp3) is 0.924. The molecule has 0 radical (unpaired) electrons. The highest BCUT2D eigenvalue weighted by Gasteiger charge is 2.19. The summed E-state index contributed by atoms with van der Waals surface area (Å²) in [5.74, 6) is -0.843. The van der Waals surface area contributed by atoms with Crippen LogP contribution in [0.1, 0.15) is 374 Å². The van der Waals surface area contributed by atoms with Crippen LogP contribution in [0.4, 0.5) is 0 Å². The first kappa shape index (κ1) is 70.1. The molecule has 0 N–H and O–H groups in total. The maximum Gasteiger partial charge on any atom is 0.306 e. The summed E-state index contributed by atoms with van der Waals surface area (Å²) in [4.78, 5) is 38.1. The number of carbonyl (C=O) groups is 3. The Bertz CT molecular complexity index is 1120. The molecule has 6 nitrogen and oxygen atoms in total. The second-order valence-electron chi connectivity index (χ2n) is 22.4. The van der Waals surface area contributed by atoms with Gasteiger partial charge in [0.15, 0.2) is 6.10 Å². The van der Waals surface area contributed by atoms with Crippen molar-refractivity contribution < 1.29 is 28.6 Å². The van der Waals surface area contributed by atoms with Crippen molar-refractivity contribution in [3.05, 3.63) is 12.2 Å². The maximum atomic E-state index is 12.9. The minimum Gasteiger partial charge on any atom is -0.462 e. The number of rotatable bonds is 61. The molecule has 0 fully saturated rings. The number of ether oxygens (including phenoxy) is 3. The standard InChI is InChI=1S/C66H126O6/c1-4-7-10-13-16-18-20-22-24-26-28-30-32-33-34-36-37-39-41-43-45-47-50-53-56-59-65(68)71-62-63(61-70-64(67)58-55-52-49-15-12-9-6-3)72-66(69)60-57-54-51-48-46-44-42-40-38-35-31-29-27-25-23-21-19-17-14-11-8-5-2/h26,28,63H,4-25,27,29-62H2,1-3H3/b28-26-. The van der Waals surface area contributed by atoms with Crippen molar-refractivity contribution in [2.75, 3.05) is 13.2 Å². The third kappa shape index (κ3) is 59.0.